The number of unbranched alkanes of at least 4 members (excludes halogenated alkanes) is 2. The number of hydrogen-bond donors (Lipinski definition) is 1. The maximum absolute atomic E-state index is 3.54. The van der Waals surface area contributed by atoms with Crippen LogP contribution in [0.1, 0.15) is 43.0 Å². The van der Waals surface area contributed by atoms with E-state index in [1.807, 2.05) is 11.3 Å². The minimum Gasteiger partial charge on any atom is -0.312 e. The van der Waals surface area contributed by atoms with Crippen molar-refractivity contribution in [1.82, 2.24) is 9.88 Å². The van der Waals surface area contributed by atoms with Crippen molar-refractivity contribution in [3.8, 4) is 5.69 Å². The number of aryl methyl sites for hydroxylation is 1. The largest absolute Gasteiger partial charge is 0.312 e. The SMILES string of the molecule is CCCCCc1cscc1-n1c2c(c3ccccc31)CNCC2. The summed E-state index contributed by atoms with van der Waals surface area (Å²) in [4.78, 5) is 0. The number of thiophene rings is 1. The zero-order chi connectivity index (χ0) is 15.6. The smallest absolute Gasteiger partial charge is 0.0597 e. The molecular weight excluding hydrogens is 300 g/mol. The van der Waals surface area contributed by atoms with E-state index < -0.39 is 0 Å². The highest BCUT2D eigenvalue weighted by atomic mass is 32.1. The van der Waals surface area contributed by atoms with Crippen molar-refractivity contribution in [2.45, 2.75) is 45.6 Å². The van der Waals surface area contributed by atoms with Gasteiger partial charge in [-0.3, -0.25) is 0 Å². The van der Waals surface area contributed by atoms with Crippen LogP contribution in [0.15, 0.2) is 35.0 Å². The molecule has 120 valence electrons. The van der Waals surface area contributed by atoms with Gasteiger partial charge in [0, 0.05) is 36.0 Å². The Kier molecular flexibility index (Phi) is 4.23. The Balaban J connectivity index is 1.85. The Labute approximate surface area is 142 Å². The van der Waals surface area contributed by atoms with Gasteiger partial charge in [-0.1, -0.05) is 38.0 Å². The van der Waals surface area contributed by atoms with Crippen molar-refractivity contribution in [3.05, 3.63) is 51.8 Å². The molecule has 4 rings (SSSR count). The van der Waals surface area contributed by atoms with Crippen molar-refractivity contribution in [3.63, 3.8) is 0 Å². The first-order chi connectivity index (χ1) is 11.4. The summed E-state index contributed by atoms with van der Waals surface area (Å²) in [6, 6.07) is 8.89. The lowest BCUT2D eigenvalue weighted by Gasteiger charge is -2.17. The summed E-state index contributed by atoms with van der Waals surface area (Å²) in [5.41, 5.74) is 7.32. The molecule has 0 atom stereocenters. The molecule has 0 fully saturated rings. The molecule has 0 saturated heterocycles. The van der Waals surface area contributed by atoms with E-state index in [1.54, 1.807) is 0 Å². The molecule has 2 aromatic heterocycles. The molecule has 1 aromatic carbocycles. The number of nitrogens with zero attached hydrogens (tertiary/aromatic N) is 1. The summed E-state index contributed by atoms with van der Waals surface area (Å²) in [7, 11) is 0. The number of hydrogen-bond acceptors (Lipinski definition) is 2. The number of para-hydroxylation sites is 1. The number of fused-ring (bicyclic) bond motifs is 3. The van der Waals surface area contributed by atoms with Crippen LogP contribution in [0.25, 0.3) is 16.6 Å². The van der Waals surface area contributed by atoms with E-state index in [0.717, 1.165) is 19.5 Å². The minimum atomic E-state index is 0.998. The molecule has 0 saturated carbocycles. The Bertz CT molecular complexity index is 812. The lowest BCUT2D eigenvalue weighted by molar-refractivity contribution is 0.630. The van der Waals surface area contributed by atoms with Crippen LogP contribution < -0.4 is 5.32 Å². The molecule has 1 N–H and O–H groups in total. The van der Waals surface area contributed by atoms with Crippen LogP contribution in [0.4, 0.5) is 0 Å². The van der Waals surface area contributed by atoms with E-state index in [0.29, 0.717) is 0 Å². The maximum atomic E-state index is 3.54. The van der Waals surface area contributed by atoms with Gasteiger partial charge in [-0.05, 0) is 35.4 Å². The minimum absolute atomic E-state index is 0.998. The molecular formula is C20H24N2S. The Morgan fingerprint density at radius 3 is 3.00 bits per heavy atom. The monoisotopic (exact) mass is 324 g/mol. The highest BCUT2D eigenvalue weighted by Gasteiger charge is 2.21. The van der Waals surface area contributed by atoms with Gasteiger partial charge >= 0.3 is 0 Å². The van der Waals surface area contributed by atoms with Gasteiger partial charge in [-0.15, -0.1) is 11.3 Å². The second-order valence-corrected chi connectivity index (χ2v) is 7.19. The van der Waals surface area contributed by atoms with Gasteiger partial charge in [0.25, 0.3) is 0 Å². The van der Waals surface area contributed by atoms with Gasteiger partial charge in [-0.2, -0.15) is 0 Å². The molecule has 0 amide bonds. The molecule has 0 radical (unpaired) electrons. The average molecular weight is 324 g/mol. The van der Waals surface area contributed by atoms with Crippen LogP contribution in [0, 0.1) is 0 Å². The molecule has 1 aliphatic rings. The third-order valence-electron chi connectivity index (χ3n) is 4.94. The van der Waals surface area contributed by atoms with Crippen LogP contribution in [-0.4, -0.2) is 11.1 Å². The molecule has 0 spiro atoms. The summed E-state index contributed by atoms with van der Waals surface area (Å²) >= 11 is 1.85. The molecule has 2 nitrogen and oxygen atoms in total. The molecule has 1 aliphatic heterocycles. The van der Waals surface area contributed by atoms with Crippen LogP contribution in [-0.2, 0) is 19.4 Å². The topological polar surface area (TPSA) is 17.0 Å². The highest BCUT2D eigenvalue weighted by Crippen LogP contribution is 2.34. The second-order valence-electron chi connectivity index (χ2n) is 6.44. The van der Waals surface area contributed by atoms with Crippen molar-refractivity contribution in [2.24, 2.45) is 0 Å². The highest BCUT2D eigenvalue weighted by molar-refractivity contribution is 7.08. The quantitative estimate of drug-likeness (QED) is 0.648. The van der Waals surface area contributed by atoms with E-state index in [9.17, 15) is 0 Å². The van der Waals surface area contributed by atoms with E-state index in [2.05, 4.69) is 51.8 Å². The predicted octanol–water partition coefficient (Wildman–Crippen LogP) is 5.07. The van der Waals surface area contributed by atoms with Gasteiger partial charge in [0.1, 0.15) is 0 Å². The van der Waals surface area contributed by atoms with Crippen molar-refractivity contribution < 1.29 is 0 Å². The fourth-order valence-electron chi connectivity index (χ4n) is 3.78. The molecule has 23 heavy (non-hydrogen) atoms. The average Bonchev–Trinajstić information content (AvgIpc) is 3.17. The van der Waals surface area contributed by atoms with Gasteiger partial charge in [0.05, 0.1) is 11.2 Å². The maximum Gasteiger partial charge on any atom is 0.0597 e. The zero-order valence-electron chi connectivity index (χ0n) is 13.8. The third kappa shape index (κ3) is 2.62. The lowest BCUT2D eigenvalue weighted by Crippen LogP contribution is -2.24. The fourth-order valence-corrected chi connectivity index (χ4v) is 4.64. The molecule has 0 aliphatic carbocycles. The predicted molar refractivity (Wildman–Crippen MR) is 99.8 cm³/mol. The molecule has 3 aromatic rings. The third-order valence-corrected chi connectivity index (χ3v) is 5.72. The van der Waals surface area contributed by atoms with Crippen LogP contribution >= 0.6 is 11.3 Å². The van der Waals surface area contributed by atoms with Gasteiger partial charge < -0.3 is 9.88 Å². The Morgan fingerprint density at radius 1 is 1.17 bits per heavy atom. The van der Waals surface area contributed by atoms with E-state index in [-0.39, 0.29) is 0 Å². The van der Waals surface area contributed by atoms with E-state index in [1.165, 1.54) is 59.1 Å². The standard InChI is InChI=1S/C20H24N2S/c1-2-3-4-7-15-13-23-14-20(15)22-18-9-6-5-8-16(18)17-12-21-11-10-19(17)22/h5-6,8-9,13-14,21H,2-4,7,10-12H2,1H3. The van der Waals surface area contributed by atoms with Crippen LogP contribution in [0.2, 0.25) is 0 Å². The first kappa shape index (κ1) is 15.0. The Morgan fingerprint density at radius 2 is 2.09 bits per heavy atom. The summed E-state index contributed by atoms with van der Waals surface area (Å²) in [5, 5.41) is 9.65. The summed E-state index contributed by atoms with van der Waals surface area (Å²) < 4.78 is 2.54. The zero-order valence-corrected chi connectivity index (χ0v) is 14.6. The van der Waals surface area contributed by atoms with Crippen LogP contribution in [0.5, 0.6) is 0 Å². The fraction of sp³-hybridized carbons (Fsp3) is 0.400. The van der Waals surface area contributed by atoms with Gasteiger partial charge in [0.2, 0.25) is 0 Å². The van der Waals surface area contributed by atoms with Gasteiger partial charge in [0.15, 0.2) is 0 Å². The summed E-state index contributed by atoms with van der Waals surface area (Å²) in [5.74, 6) is 0. The number of rotatable bonds is 5. The number of nitrogens with one attached hydrogen (secondary N) is 1. The van der Waals surface area contributed by atoms with Crippen molar-refractivity contribution in [1.29, 1.82) is 0 Å². The number of benzene rings is 1. The number of aromatic nitrogens is 1. The molecule has 0 bridgehead atoms. The summed E-state index contributed by atoms with van der Waals surface area (Å²) in [6.45, 7) is 4.36. The molecule has 3 heterocycles. The first-order valence-corrected chi connectivity index (χ1v) is 9.71. The normalized spacial score (nSPS) is 14.3. The van der Waals surface area contributed by atoms with Crippen LogP contribution in [0.3, 0.4) is 0 Å². The van der Waals surface area contributed by atoms with Crippen molar-refractivity contribution >= 4 is 22.2 Å². The molecule has 3 heteroatoms. The van der Waals surface area contributed by atoms with Gasteiger partial charge in [-0.25, -0.2) is 0 Å². The second kappa shape index (κ2) is 6.50. The van der Waals surface area contributed by atoms with E-state index in [4.69, 9.17) is 0 Å². The summed E-state index contributed by atoms with van der Waals surface area (Å²) in [6.07, 6.45) is 6.22. The van der Waals surface area contributed by atoms with E-state index >= 15 is 0 Å². The first-order valence-electron chi connectivity index (χ1n) is 8.77. The molecule has 0 unspecified atom stereocenters. The lowest BCUT2D eigenvalue weighted by atomic mass is 10.1. The van der Waals surface area contributed by atoms with Crippen molar-refractivity contribution in [2.75, 3.05) is 6.54 Å². The Hall–Kier alpha value is -1.58.